The predicted molar refractivity (Wildman–Crippen MR) is 111 cm³/mol. The fourth-order valence-corrected chi connectivity index (χ4v) is 4.01. The standard InChI is InChI=1S/C22H26ClN3O/c1-17(25-13-4-5-14-25)22-24-20-7-2-3-8-21(20)26(22)15-6-16-27-19-11-9-18(23)10-12-19/h2-3,7-12,17H,4-6,13-16H2,1H3. The molecule has 27 heavy (non-hydrogen) atoms. The SMILES string of the molecule is CC(c1nc2ccccc2n1CCCOc1ccc(Cl)cc1)N1CCCC1. The van der Waals surface area contributed by atoms with Crippen molar-refractivity contribution < 1.29 is 4.74 Å². The number of fused-ring (bicyclic) bond motifs is 1. The summed E-state index contributed by atoms with van der Waals surface area (Å²) in [5, 5.41) is 0.729. The molecule has 1 aliphatic heterocycles. The number of hydrogen-bond donors (Lipinski definition) is 0. The van der Waals surface area contributed by atoms with Crippen LogP contribution >= 0.6 is 11.6 Å². The van der Waals surface area contributed by atoms with Gasteiger partial charge in [0.15, 0.2) is 0 Å². The van der Waals surface area contributed by atoms with Crippen LogP contribution in [0, 0.1) is 0 Å². The van der Waals surface area contributed by atoms with Crippen LogP contribution in [-0.4, -0.2) is 34.1 Å². The molecular weight excluding hydrogens is 358 g/mol. The number of nitrogens with zero attached hydrogens (tertiary/aromatic N) is 3. The van der Waals surface area contributed by atoms with Crippen molar-refractivity contribution in [2.24, 2.45) is 0 Å². The number of rotatable bonds is 7. The largest absolute Gasteiger partial charge is 0.494 e. The highest BCUT2D eigenvalue weighted by Gasteiger charge is 2.24. The zero-order chi connectivity index (χ0) is 18.6. The third-order valence-electron chi connectivity index (χ3n) is 5.35. The summed E-state index contributed by atoms with van der Waals surface area (Å²) in [6.07, 6.45) is 3.52. The van der Waals surface area contributed by atoms with Gasteiger partial charge in [-0.15, -0.1) is 0 Å². The number of imidazole rings is 1. The normalized spacial score (nSPS) is 16.1. The van der Waals surface area contributed by atoms with E-state index in [1.807, 2.05) is 24.3 Å². The van der Waals surface area contributed by atoms with Gasteiger partial charge in [0.25, 0.3) is 0 Å². The molecule has 2 aromatic carbocycles. The molecule has 1 aromatic heterocycles. The molecule has 0 aliphatic carbocycles. The summed E-state index contributed by atoms with van der Waals surface area (Å²) in [5.41, 5.74) is 2.29. The molecule has 1 saturated heterocycles. The Balaban J connectivity index is 1.47. The second-order valence-corrected chi connectivity index (χ2v) is 7.62. The summed E-state index contributed by atoms with van der Waals surface area (Å²) in [6.45, 7) is 6.20. The van der Waals surface area contributed by atoms with Crippen LogP contribution < -0.4 is 4.74 Å². The van der Waals surface area contributed by atoms with Crippen molar-refractivity contribution in [2.45, 2.75) is 38.8 Å². The fraction of sp³-hybridized carbons (Fsp3) is 0.409. The summed E-state index contributed by atoms with van der Waals surface area (Å²) in [6, 6.07) is 16.3. The van der Waals surface area contributed by atoms with Crippen LogP contribution in [0.1, 0.15) is 38.1 Å². The Morgan fingerprint density at radius 2 is 1.81 bits per heavy atom. The fourth-order valence-electron chi connectivity index (χ4n) is 3.88. The maximum atomic E-state index is 5.93. The zero-order valence-electron chi connectivity index (χ0n) is 15.8. The van der Waals surface area contributed by atoms with E-state index in [1.165, 1.54) is 37.3 Å². The van der Waals surface area contributed by atoms with Crippen molar-refractivity contribution in [3.63, 3.8) is 0 Å². The van der Waals surface area contributed by atoms with Crippen molar-refractivity contribution in [3.05, 3.63) is 59.4 Å². The third-order valence-corrected chi connectivity index (χ3v) is 5.61. The van der Waals surface area contributed by atoms with Crippen molar-refractivity contribution in [1.82, 2.24) is 14.5 Å². The van der Waals surface area contributed by atoms with Crippen molar-refractivity contribution >= 4 is 22.6 Å². The van der Waals surface area contributed by atoms with Crippen LogP contribution in [0.5, 0.6) is 5.75 Å². The summed E-state index contributed by atoms with van der Waals surface area (Å²) in [7, 11) is 0. The lowest BCUT2D eigenvalue weighted by atomic mass is 10.2. The monoisotopic (exact) mass is 383 g/mol. The first kappa shape index (κ1) is 18.3. The summed E-state index contributed by atoms with van der Waals surface area (Å²) in [4.78, 5) is 7.51. The maximum absolute atomic E-state index is 5.93. The highest BCUT2D eigenvalue weighted by atomic mass is 35.5. The smallest absolute Gasteiger partial charge is 0.127 e. The van der Waals surface area contributed by atoms with E-state index < -0.39 is 0 Å². The molecule has 0 amide bonds. The molecule has 5 heteroatoms. The number of ether oxygens (including phenoxy) is 1. The van der Waals surface area contributed by atoms with Gasteiger partial charge in [-0.2, -0.15) is 0 Å². The minimum absolute atomic E-state index is 0.345. The lowest BCUT2D eigenvalue weighted by Crippen LogP contribution is -2.26. The lowest BCUT2D eigenvalue weighted by molar-refractivity contribution is 0.245. The molecular formula is C22H26ClN3O. The summed E-state index contributed by atoms with van der Waals surface area (Å²) < 4.78 is 8.25. The second-order valence-electron chi connectivity index (χ2n) is 7.19. The minimum atomic E-state index is 0.345. The van der Waals surface area contributed by atoms with E-state index in [1.54, 1.807) is 0 Å². The Kier molecular flexibility index (Phi) is 5.65. The number of aryl methyl sites for hydroxylation is 1. The Morgan fingerprint density at radius 3 is 2.59 bits per heavy atom. The summed E-state index contributed by atoms with van der Waals surface area (Å²) >= 11 is 5.93. The van der Waals surface area contributed by atoms with E-state index >= 15 is 0 Å². The zero-order valence-corrected chi connectivity index (χ0v) is 16.5. The number of halogens is 1. The van der Waals surface area contributed by atoms with Crippen LogP contribution in [0.15, 0.2) is 48.5 Å². The van der Waals surface area contributed by atoms with E-state index in [4.69, 9.17) is 21.3 Å². The van der Waals surface area contributed by atoms with Crippen LogP contribution in [-0.2, 0) is 6.54 Å². The molecule has 142 valence electrons. The molecule has 0 bridgehead atoms. The van der Waals surface area contributed by atoms with E-state index in [0.29, 0.717) is 12.6 Å². The topological polar surface area (TPSA) is 30.3 Å². The lowest BCUT2D eigenvalue weighted by Gasteiger charge is -2.24. The van der Waals surface area contributed by atoms with Gasteiger partial charge < -0.3 is 9.30 Å². The highest BCUT2D eigenvalue weighted by molar-refractivity contribution is 6.30. The van der Waals surface area contributed by atoms with Crippen LogP contribution in [0.2, 0.25) is 5.02 Å². The van der Waals surface area contributed by atoms with E-state index in [9.17, 15) is 0 Å². The van der Waals surface area contributed by atoms with Gasteiger partial charge in [-0.25, -0.2) is 4.98 Å². The molecule has 4 nitrogen and oxygen atoms in total. The van der Waals surface area contributed by atoms with Crippen molar-refractivity contribution in [1.29, 1.82) is 0 Å². The number of aromatic nitrogens is 2. The van der Waals surface area contributed by atoms with Gasteiger partial charge in [-0.1, -0.05) is 23.7 Å². The molecule has 1 unspecified atom stereocenters. The number of likely N-dealkylation sites (tertiary alicyclic amines) is 1. The van der Waals surface area contributed by atoms with E-state index in [0.717, 1.165) is 29.3 Å². The van der Waals surface area contributed by atoms with E-state index in [-0.39, 0.29) is 0 Å². The van der Waals surface area contributed by atoms with E-state index in [2.05, 4.69) is 40.7 Å². The average molecular weight is 384 g/mol. The van der Waals surface area contributed by atoms with Crippen LogP contribution in [0.4, 0.5) is 0 Å². The predicted octanol–water partition coefficient (Wildman–Crippen LogP) is 5.32. The average Bonchev–Trinajstić information content (AvgIpc) is 3.34. The number of hydrogen-bond acceptors (Lipinski definition) is 3. The maximum Gasteiger partial charge on any atom is 0.127 e. The van der Waals surface area contributed by atoms with Crippen molar-refractivity contribution in [3.8, 4) is 5.75 Å². The third kappa shape index (κ3) is 4.12. The first-order chi connectivity index (χ1) is 13.2. The molecule has 0 radical (unpaired) electrons. The molecule has 0 saturated carbocycles. The Morgan fingerprint density at radius 1 is 1.07 bits per heavy atom. The van der Waals surface area contributed by atoms with Gasteiger partial charge >= 0.3 is 0 Å². The molecule has 2 heterocycles. The quantitative estimate of drug-likeness (QED) is 0.517. The first-order valence-corrected chi connectivity index (χ1v) is 10.2. The molecule has 1 atom stereocenters. The van der Waals surface area contributed by atoms with Crippen molar-refractivity contribution in [2.75, 3.05) is 19.7 Å². The molecule has 0 N–H and O–H groups in total. The van der Waals surface area contributed by atoms with Crippen LogP contribution in [0.3, 0.4) is 0 Å². The number of benzene rings is 2. The Labute approximate surface area is 165 Å². The molecule has 1 fully saturated rings. The second kappa shape index (κ2) is 8.32. The summed E-state index contributed by atoms with van der Waals surface area (Å²) in [5.74, 6) is 2.03. The molecule has 1 aliphatic rings. The first-order valence-electron chi connectivity index (χ1n) is 9.80. The molecule has 0 spiro atoms. The van der Waals surface area contributed by atoms with Gasteiger partial charge in [0, 0.05) is 11.6 Å². The van der Waals surface area contributed by atoms with Gasteiger partial charge in [0.1, 0.15) is 11.6 Å². The van der Waals surface area contributed by atoms with Crippen LogP contribution in [0.25, 0.3) is 11.0 Å². The van der Waals surface area contributed by atoms with Gasteiger partial charge in [-0.05, 0) is 75.7 Å². The number of para-hydroxylation sites is 2. The molecule has 3 aromatic rings. The van der Waals surface area contributed by atoms with Gasteiger partial charge in [0.05, 0.1) is 23.7 Å². The minimum Gasteiger partial charge on any atom is -0.494 e. The molecule has 4 rings (SSSR count). The Bertz CT molecular complexity index is 884. The highest BCUT2D eigenvalue weighted by Crippen LogP contribution is 2.27. The van der Waals surface area contributed by atoms with Gasteiger partial charge in [0.2, 0.25) is 0 Å². The van der Waals surface area contributed by atoms with Gasteiger partial charge in [-0.3, -0.25) is 4.90 Å². The Hall–Kier alpha value is -2.04.